The fourth-order valence-corrected chi connectivity index (χ4v) is 7.16. The summed E-state index contributed by atoms with van der Waals surface area (Å²) in [6, 6.07) is 12.7. The molecule has 2 aromatic heterocycles. The van der Waals surface area contributed by atoms with Gasteiger partial charge in [-0.05, 0) is 64.0 Å². The molecule has 50 heavy (non-hydrogen) atoms. The van der Waals surface area contributed by atoms with E-state index in [1.807, 2.05) is 45.5 Å². The third kappa shape index (κ3) is 10.4. The lowest BCUT2D eigenvalue weighted by Crippen LogP contribution is -2.40. The van der Waals surface area contributed by atoms with E-state index in [2.05, 4.69) is 44.5 Å². The highest BCUT2D eigenvalue weighted by molar-refractivity contribution is 5.82. The molecule has 2 saturated carbocycles. The van der Waals surface area contributed by atoms with Gasteiger partial charge in [0, 0.05) is 50.4 Å². The Hall–Kier alpha value is -4.16. The minimum Gasteiger partial charge on any atom is -0.497 e. The average Bonchev–Trinajstić information content (AvgIpc) is 3.74. The molecule has 272 valence electrons. The minimum atomic E-state index is 0.0131. The molecule has 0 radical (unpaired) electrons. The van der Waals surface area contributed by atoms with E-state index in [4.69, 9.17) is 9.47 Å². The van der Waals surface area contributed by atoms with Crippen LogP contribution in [-0.2, 0) is 22.7 Å². The maximum Gasteiger partial charge on any atom is 0.240 e. The number of hydrogen-bond acceptors (Lipinski definition) is 8. The van der Waals surface area contributed by atoms with Crippen LogP contribution in [0.15, 0.2) is 49.1 Å². The molecule has 0 unspecified atom stereocenters. The van der Waals surface area contributed by atoms with Crippen molar-refractivity contribution in [2.45, 2.75) is 89.4 Å². The van der Waals surface area contributed by atoms with Crippen molar-refractivity contribution in [3.8, 4) is 11.5 Å². The van der Waals surface area contributed by atoms with Crippen LogP contribution in [0.1, 0.15) is 64.2 Å². The predicted octanol–water partition coefficient (Wildman–Crippen LogP) is 4.85. The number of fused-ring (bicyclic) bond motifs is 2. The molecule has 0 aliphatic heterocycles. The van der Waals surface area contributed by atoms with E-state index in [0.717, 1.165) is 46.7 Å². The van der Waals surface area contributed by atoms with E-state index in [9.17, 15) is 9.59 Å². The van der Waals surface area contributed by atoms with Crippen LogP contribution in [0.5, 0.6) is 11.5 Å². The molecule has 6 rings (SSSR count). The maximum absolute atomic E-state index is 12.3. The Morgan fingerprint density at radius 3 is 1.70 bits per heavy atom. The number of benzene rings is 2. The van der Waals surface area contributed by atoms with Crippen LogP contribution < -0.4 is 20.1 Å². The monoisotopic (exact) mass is 688 g/mol. The molecule has 4 aromatic rings. The summed E-state index contributed by atoms with van der Waals surface area (Å²) in [4.78, 5) is 37.9. The summed E-state index contributed by atoms with van der Waals surface area (Å²) in [5.41, 5.74) is 3.55. The fourth-order valence-electron chi connectivity index (χ4n) is 7.16. The van der Waals surface area contributed by atoms with Gasteiger partial charge in [0.1, 0.15) is 24.6 Å². The molecule has 0 bridgehead atoms. The van der Waals surface area contributed by atoms with Crippen molar-refractivity contribution in [1.82, 2.24) is 39.5 Å². The lowest BCUT2D eigenvalue weighted by molar-refractivity contribution is -0.122. The number of methoxy groups -OCH3 is 2. The fraction of sp³-hybridized carbons (Fsp3) is 0.579. The number of aromatic nitrogens is 4. The SMILES string of the molecule is COc1ccc2c(c1)ncn2CC(=O)NCCN(C)C1CCCCC1.COc1ccc2ncn(CC(=O)NCCN(C)C3CCCCC3)c2c1. The first-order chi connectivity index (χ1) is 24.3. The third-order valence-corrected chi connectivity index (χ3v) is 10.3. The summed E-state index contributed by atoms with van der Waals surface area (Å²) in [6.07, 6.45) is 16.6. The standard InChI is InChI=1S/2C19H28N4O2/c1-22(15-6-4-3-5-7-15)11-10-20-19(24)13-23-14-21-17-12-16(25-2)8-9-18(17)23;1-22(15-6-4-3-5-7-15)11-10-20-19(24)13-23-14-21-17-9-8-16(25-2)12-18(17)23/h2*8-9,12,14-15H,3-7,10-11,13H2,1-2H3,(H,20,24). The van der Waals surface area contributed by atoms with Gasteiger partial charge in [0.2, 0.25) is 11.8 Å². The Balaban J connectivity index is 0.000000194. The van der Waals surface area contributed by atoms with Crippen LogP contribution in [0.4, 0.5) is 0 Å². The van der Waals surface area contributed by atoms with Crippen molar-refractivity contribution in [2.24, 2.45) is 0 Å². The molecule has 2 heterocycles. The molecule has 2 aliphatic rings. The first-order valence-corrected chi connectivity index (χ1v) is 18.3. The number of likely N-dealkylation sites (N-methyl/N-ethyl adjacent to an activating group) is 2. The number of hydrogen-bond donors (Lipinski definition) is 2. The van der Waals surface area contributed by atoms with Crippen LogP contribution in [0, 0.1) is 0 Å². The third-order valence-electron chi connectivity index (χ3n) is 10.3. The van der Waals surface area contributed by atoms with Crippen molar-refractivity contribution >= 4 is 33.9 Å². The normalized spacial score (nSPS) is 15.6. The highest BCUT2D eigenvalue weighted by Crippen LogP contribution is 2.23. The molecule has 0 spiro atoms. The quantitative estimate of drug-likeness (QED) is 0.193. The van der Waals surface area contributed by atoms with Crippen molar-refractivity contribution in [3.63, 3.8) is 0 Å². The summed E-state index contributed by atoms with van der Waals surface area (Å²) < 4.78 is 14.2. The Morgan fingerprint density at radius 1 is 0.680 bits per heavy atom. The summed E-state index contributed by atoms with van der Waals surface area (Å²) in [6.45, 7) is 3.73. The van der Waals surface area contributed by atoms with Crippen molar-refractivity contribution < 1.29 is 19.1 Å². The smallest absolute Gasteiger partial charge is 0.240 e. The molecule has 12 heteroatoms. The second kappa shape index (κ2) is 18.7. The zero-order valence-corrected chi connectivity index (χ0v) is 30.4. The largest absolute Gasteiger partial charge is 0.497 e. The number of nitrogens with one attached hydrogen (secondary N) is 2. The van der Waals surface area contributed by atoms with Gasteiger partial charge in [-0.25, -0.2) is 9.97 Å². The van der Waals surface area contributed by atoms with Gasteiger partial charge in [-0.2, -0.15) is 0 Å². The Kier molecular flexibility index (Phi) is 13.9. The first kappa shape index (κ1) is 37.1. The van der Waals surface area contributed by atoms with Crippen LogP contribution in [0.25, 0.3) is 22.1 Å². The number of carbonyl (C=O) groups is 2. The number of rotatable bonds is 14. The molecule has 2 aliphatic carbocycles. The molecule has 2 N–H and O–H groups in total. The van der Waals surface area contributed by atoms with Gasteiger partial charge in [-0.15, -0.1) is 0 Å². The summed E-state index contributed by atoms with van der Waals surface area (Å²) in [5, 5.41) is 6.05. The van der Waals surface area contributed by atoms with E-state index in [-0.39, 0.29) is 24.9 Å². The first-order valence-electron chi connectivity index (χ1n) is 18.3. The van der Waals surface area contributed by atoms with Gasteiger partial charge in [0.25, 0.3) is 0 Å². The number of amides is 2. The van der Waals surface area contributed by atoms with Gasteiger partial charge in [-0.1, -0.05) is 38.5 Å². The summed E-state index contributed by atoms with van der Waals surface area (Å²) in [7, 11) is 7.60. The molecular formula is C38H56N8O4. The minimum absolute atomic E-state index is 0.0131. The highest BCUT2D eigenvalue weighted by atomic mass is 16.5. The van der Waals surface area contributed by atoms with Crippen LogP contribution in [0.3, 0.4) is 0 Å². The van der Waals surface area contributed by atoms with Gasteiger partial charge < -0.3 is 39.0 Å². The molecular weight excluding hydrogens is 632 g/mol. The van der Waals surface area contributed by atoms with Crippen molar-refractivity contribution in [3.05, 3.63) is 49.1 Å². The zero-order chi connectivity index (χ0) is 35.3. The second-order valence-corrected chi connectivity index (χ2v) is 13.7. The van der Waals surface area contributed by atoms with E-state index >= 15 is 0 Å². The van der Waals surface area contributed by atoms with Crippen molar-refractivity contribution in [1.29, 1.82) is 0 Å². The summed E-state index contributed by atoms with van der Waals surface area (Å²) >= 11 is 0. The number of ether oxygens (including phenoxy) is 2. The Bertz CT molecular complexity index is 1660. The summed E-state index contributed by atoms with van der Waals surface area (Å²) in [5.74, 6) is 1.57. The number of carbonyl (C=O) groups excluding carboxylic acids is 2. The Labute approximate surface area is 296 Å². The molecule has 0 atom stereocenters. The van der Waals surface area contributed by atoms with Crippen LogP contribution in [-0.4, -0.2) is 107 Å². The molecule has 2 amide bonds. The van der Waals surface area contributed by atoms with Gasteiger partial charge >= 0.3 is 0 Å². The topological polar surface area (TPSA) is 119 Å². The highest BCUT2D eigenvalue weighted by Gasteiger charge is 2.19. The van der Waals surface area contributed by atoms with Gasteiger partial charge in [-0.3, -0.25) is 9.59 Å². The van der Waals surface area contributed by atoms with Crippen molar-refractivity contribution in [2.75, 3.05) is 54.5 Å². The zero-order valence-electron chi connectivity index (χ0n) is 30.4. The number of nitrogens with zero attached hydrogens (tertiary/aromatic N) is 6. The van der Waals surface area contributed by atoms with E-state index < -0.39 is 0 Å². The van der Waals surface area contributed by atoms with E-state index in [0.29, 0.717) is 25.2 Å². The molecule has 2 aromatic carbocycles. The Morgan fingerprint density at radius 2 is 1.16 bits per heavy atom. The number of imidazole rings is 2. The maximum atomic E-state index is 12.3. The molecule has 2 fully saturated rings. The van der Waals surface area contributed by atoms with E-state index in [1.54, 1.807) is 26.9 Å². The lowest BCUT2D eigenvalue weighted by atomic mass is 9.94. The van der Waals surface area contributed by atoms with Gasteiger partial charge in [0.05, 0.1) is 48.9 Å². The molecule has 0 saturated heterocycles. The van der Waals surface area contributed by atoms with Crippen LogP contribution >= 0.6 is 0 Å². The second-order valence-electron chi connectivity index (χ2n) is 13.7. The molecule has 12 nitrogen and oxygen atoms in total. The van der Waals surface area contributed by atoms with E-state index in [1.165, 1.54) is 64.2 Å². The van der Waals surface area contributed by atoms with Gasteiger partial charge in [0.15, 0.2) is 0 Å². The predicted molar refractivity (Wildman–Crippen MR) is 198 cm³/mol. The average molecular weight is 689 g/mol. The van der Waals surface area contributed by atoms with Crippen LogP contribution in [0.2, 0.25) is 0 Å². The lowest BCUT2D eigenvalue weighted by Gasteiger charge is -2.31.